The molecule has 0 heterocycles. The van der Waals surface area contributed by atoms with Gasteiger partial charge in [-0.2, -0.15) is 0 Å². The largest absolute Gasteiger partial charge is 0.299 e. The molecule has 0 saturated heterocycles. The Balaban J connectivity index is 1.77. The lowest BCUT2D eigenvalue weighted by Gasteiger charge is -2.27. The molecule has 1 atom stereocenters. The highest BCUT2D eigenvalue weighted by Gasteiger charge is 2.21. The van der Waals surface area contributed by atoms with Crippen molar-refractivity contribution in [3.8, 4) is 12.3 Å². The van der Waals surface area contributed by atoms with Crippen LogP contribution in [0.3, 0.4) is 0 Å². The van der Waals surface area contributed by atoms with Gasteiger partial charge < -0.3 is 0 Å². The molecule has 0 spiro atoms. The van der Waals surface area contributed by atoms with E-state index in [-0.39, 0.29) is 0 Å². The van der Waals surface area contributed by atoms with Gasteiger partial charge >= 0.3 is 0 Å². The smallest absolute Gasteiger partial charge is 0.0578 e. The summed E-state index contributed by atoms with van der Waals surface area (Å²) in [4.78, 5) is 1.42. The first kappa shape index (κ1) is 15.2. The van der Waals surface area contributed by atoms with E-state index in [9.17, 15) is 0 Å². The Kier molecular flexibility index (Phi) is 5.21. The number of thioether (sulfide) groups is 1. The average Bonchev–Trinajstić information content (AvgIpc) is 2.59. The molecule has 0 saturated carbocycles. The maximum atomic E-state index is 5.39. The maximum Gasteiger partial charge on any atom is 0.0578 e. The molecule has 2 heteroatoms. The Labute approximate surface area is 137 Å². The fourth-order valence-electron chi connectivity index (χ4n) is 3.08. The Hall–Kier alpha value is -1.69. The highest BCUT2D eigenvalue weighted by molar-refractivity contribution is 7.98. The zero-order valence-electron chi connectivity index (χ0n) is 12.7. The lowest BCUT2D eigenvalue weighted by atomic mass is 9.87. The first-order chi connectivity index (χ1) is 10.9. The molecule has 112 valence electrons. The van der Waals surface area contributed by atoms with Crippen LogP contribution in [0.25, 0.3) is 0 Å². The van der Waals surface area contributed by atoms with Crippen molar-refractivity contribution in [2.75, 3.05) is 6.54 Å². The molecule has 3 rings (SSSR count). The molecule has 1 unspecified atom stereocenters. The SMILES string of the molecule is C#CCNC1CCCc2c(SCc3ccccc3)cccc21. The van der Waals surface area contributed by atoms with Crippen molar-refractivity contribution in [1.29, 1.82) is 0 Å². The number of terminal acetylenes is 1. The summed E-state index contributed by atoms with van der Waals surface area (Å²) in [6.07, 6.45) is 8.99. The molecule has 1 nitrogen and oxygen atoms in total. The summed E-state index contributed by atoms with van der Waals surface area (Å²) in [5.41, 5.74) is 4.34. The molecule has 2 aromatic rings. The normalized spacial score (nSPS) is 16.8. The quantitative estimate of drug-likeness (QED) is 0.641. The molecule has 1 aliphatic rings. The first-order valence-electron chi connectivity index (χ1n) is 7.84. The predicted molar refractivity (Wildman–Crippen MR) is 95.0 cm³/mol. The second kappa shape index (κ2) is 7.54. The van der Waals surface area contributed by atoms with Gasteiger partial charge in [0.05, 0.1) is 6.54 Å². The standard InChI is InChI=1S/C20H21NS/c1-2-14-21-19-12-6-11-18-17(19)10-7-13-20(18)22-15-16-8-4-3-5-9-16/h1,3-5,7-10,13,19,21H,6,11-12,14-15H2. The van der Waals surface area contributed by atoms with E-state index in [4.69, 9.17) is 6.42 Å². The summed E-state index contributed by atoms with van der Waals surface area (Å²) in [6.45, 7) is 0.644. The second-order valence-electron chi connectivity index (χ2n) is 5.63. The second-order valence-corrected chi connectivity index (χ2v) is 6.65. The van der Waals surface area contributed by atoms with Gasteiger partial charge in [-0.05, 0) is 42.0 Å². The minimum atomic E-state index is 0.414. The van der Waals surface area contributed by atoms with Gasteiger partial charge in [0.25, 0.3) is 0 Å². The van der Waals surface area contributed by atoms with Gasteiger partial charge in [-0.25, -0.2) is 0 Å². The molecular formula is C20H21NS. The van der Waals surface area contributed by atoms with E-state index >= 15 is 0 Å². The minimum Gasteiger partial charge on any atom is -0.299 e. The summed E-state index contributed by atoms with van der Waals surface area (Å²) in [5, 5.41) is 3.48. The third-order valence-electron chi connectivity index (χ3n) is 4.15. The monoisotopic (exact) mass is 307 g/mol. The van der Waals surface area contributed by atoms with Gasteiger partial charge in [0.1, 0.15) is 0 Å². The average molecular weight is 307 g/mol. The first-order valence-corrected chi connectivity index (χ1v) is 8.82. The Morgan fingerprint density at radius 1 is 1.14 bits per heavy atom. The predicted octanol–water partition coefficient (Wildman–Crippen LogP) is 4.58. The van der Waals surface area contributed by atoms with Crippen LogP contribution in [0.5, 0.6) is 0 Å². The van der Waals surface area contributed by atoms with Crippen molar-refractivity contribution in [3.05, 3.63) is 65.2 Å². The van der Waals surface area contributed by atoms with E-state index in [1.54, 1.807) is 0 Å². The number of rotatable bonds is 5. The molecule has 0 fully saturated rings. The van der Waals surface area contributed by atoms with Crippen LogP contribution >= 0.6 is 11.8 Å². The number of hydrogen-bond acceptors (Lipinski definition) is 2. The molecule has 1 N–H and O–H groups in total. The summed E-state index contributed by atoms with van der Waals surface area (Å²) in [6, 6.07) is 17.8. The van der Waals surface area contributed by atoms with Crippen LogP contribution in [-0.2, 0) is 12.2 Å². The molecule has 1 aliphatic carbocycles. The van der Waals surface area contributed by atoms with E-state index in [1.807, 2.05) is 11.8 Å². The highest BCUT2D eigenvalue weighted by atomic mass is 32.2. The van der Waals surface area contributed by atoms with Crippen LogP contribution in [0.1, 0.15) is 35.6 Å². The van der Waals surface area contributed by atoms with E-state index < -0.39 is 0 Å². The van der Waals surface area contributed by atoms with Crippen LogP contribution < -0.4 is 5.32 Å². The maximum absolute atomic E-state index is 5.39. The number of hydrogen-bond donors (Lipinski definition) is 1. The fourth-order valence-corrected chi connectivity index (χ4v) is 4.16. The molecule has 0 amide bonds. The molecule has 0 aliphatic heterocycles. The summed E-state index contributed by atoms with van der Waals surface area (Å²) < 4.78 is 0. The van der Waals surface area contributed by atoms with Gasteiger partial charge in [-0.15, -0.1) is 18.2 Å². The topological polar surface area (TPSA) is 12.0 Å². The van der Waals surface area contributed by atoms with E-state index in [0.717, 1.165) is 5.75 Å². The van der Waals surface area contributed by atoms with Crippen molar-refractivity contribution in [3.63, 3.8) is 0 Å². The van der Waals surface area contributed by atoms with Crippen LogP contribution in [0.4, 0.5) is 0 Å². The van der Waals surface area contributed by atoms with Crippen LogP contribution in [0, 0.1) is 12.3 Å². The van der Waals surface area contributed by atoms with E-state index in [1.165, 1.54) is 40.8 Å². The molecule has 22 heavy (non-hydrogen) atoms. The van der Waals surface area contributed by atoms with Gasteiger partial charge in [-0.3, -0.25) is 5.32 Å². The summed E-state index contributed by atoms with van der Waals surface area (Å²) in [5.74, 6) is 3.72. The van der Waals surface area contributed by atoms with Gasteiger partial charge in [0.15, 0.2) is 0 Å². The third kappa shape index (κ3) is 3.55. The Morgan fingerprint density at radius 2 is 2.00 bits per heavy atom. The van der Waals surface area contributed by atoms with Gasteiger partial charge in [0.2, 0.25) is 0 Å². The van der Waals surface area contributed by atoms with Crippen molar-refractivity contribution < 1.29 is 0 Å². The molecule has 2 aromatic carbocycles. The van der Waals surface area contributed by atoms with Crippen molar-refractivity contribution in [2.24, 2.45) is 0 Å². The molecular weight excluding hydrogens is 286 g/mol. The van der Waals surface area contributed by atoms with Crippen LogP contribution in [-0.4, -0.2) is 6.54 Å². The van der Waals surface area contributed by atoms with Crippen LogP contribution in [0.2, 0.25) is 0 Å². The number of nitrogens with one attached hydrogen (secondary N) is 1. The Bertz CT molecular complexity index is 657. The third-order valence-corrected chi connectivity index (χ3v) is 5.32. The lowest BCUT2D eigenvalue weighted by Crippen LogP contribution is -2.25. The number of fused-ring (bicyclic) bond motifs is 1. The van der Waals surface area contributed by atoms with Gasteiger partial charge in [-0.1, -0.05) is 48.4 Å². The van der Waals surface area contributed by atoms with Crippen LogP contribution in [0.15, 0.2) is 53.4 Å². The van der Waals surface area contributed by atoms with Gasteiger partial charge in [0, 0.05) is 16.7 Å². The summed E-state index contributed by atoms with van der Waals surface area (Å²) in [7, 11) is 0. The number of benzene rings is 2. The van der Waals surface area contributed by atoms with Crippen molar-refractivity contribution >= 4 is 11.8 Å². The summed E-state index contributed by atoms with van der Waals surface area (Å²) >= 11 is 1.95. The van der Waals surface area contributed by atoms with E-state index in [0.29, 0.717) is 12.6 Å². The van der Waals surface area contributed by atoms with Crippen molar-refractivity contribution in [1.82, 2.24) is 5.32 Å². The van der Waals surface area contributed by atoms with Crippen molar-refractivity contribution in [2.45, 2.75) is 36.0 Å². The highest BCUT2D eigenvalue weighted by Crippen LogP contribution is 2.36. The lowest BCUT2D eigenvalue weighted by molar-refractivity contribution is 0.479. The molecule has 0 aromatic heterocycles. The zero-order valence-corrected chi connectivity index (χ0v) is 13.5. The zero-order chi connectivity index (χ0) is 15.2. The fraction of sp³-hybridized carbons (Fsp3) is 0.300. The molecule has 0 radical (unpaired) electrons. The minimum absolute atomic E-state index is 0.414. The molecule has 0 bridgehead atoms. The van der Waals surface area contributed by atoms with E-state index in [2.05, 4.69) is 59.8 Å². The Morgan fingerprint density at radius 3 is 2.82 bits per heavy atom.